The monoisotopic (exact) mass is 551 g/mol. The Morgan fingerprint density at radius 3 is 2.22 bits per heavy atom. The third-order valence-electron chi connectivity index (χ3n) is 15.9. The van der Waals surface area contributed by atoms with Crippen LogP contribution in [0.3, 0.4) is 0 Å². The Morgan fingerprint density at radius 1 is 0.610 bits per heavy atom. The molecule has 0 aromatic heterocycles. The lowest BCUT2D eigenvalue weighted by Gasteiger charge is -2.51. The summed E-state index contributed by atoms with van der Waals surface area (Å²) >= 11 is 0. The second-order valence-corrected chi connectivity index (χ2v) is 17.3. The minimum absolute atomic E-state index is 0.415. The molecule has 0 bridgehead atoms. The van der Waals surface area contributed by atoms with Gasteiger partial charge in [-0.25, -0.2) is 0 Å². The molecule has 0 aromatic rings. The molecule has 13 unspecified atom stereocenters. The van der Waals surface area contributed by atoms with Crippen LogP contribution in [0, 0.1) is 81.8 Å². The van der Waals surface area contributed by atoms with Gasteiger partial charge in [-0.05, 0) is 165 Å². The summed E-state index contributed by atoms with van der Waals surface area (Å²) in [6.07, 6.45) is 40.4. The van der Waals surface area contributed by atoms with Crippen molar-refractivity contribution in [1.29, 1.82) is 0 Å². The van der Waals surface area contributed by atoms with E-state index in [1.54, 1.807) is 12.1 Å². The van der Waals surface area contributed by atoms with E-state index in [9.17, 15) is 0 Å². The molecular formula is C40H57N. The van der Waals surface area contributed by atoms with Crippen LogP contribution in [0.1, 0.15) is 110 Å². The molecule has 1 N–H and O–H groups in total. The maximum atomic E-state index is 4.35. The highest BCUT2D eigenvalue weighted by atomic mass is 14.9. The largest absolute Gasteiger partial charge is 0.386 e. The van der Waals surface area contributed by atoms with Crippen molar-refractivity contribution in [2.45, 2.75) is 116 Å². The summed E-state index contributed by atoms with van der Waals surface area (Å²) in [5.74, 6) is 11.1. The van der Waals surface area contributed by atoms with Gasteiger partial charge in [0.05, 0.1) is 0 Å². The van der Waals surface area contributed by atoms with Gasteiger partial charge in [0.2, 0.25) is 0 Å². The summed E-state index contributed by atoms with van der Waals surface area (Å²) < 4.78 is 0. The van der Waals surface area contributed by atoms with Crippen molar-refractivity contribution >= 4 is 0 Å². The van der Waals surface area contributed by atoms with Gasteiger partial charge in [-0.15, -0.1) is 0 Å². The summed E-state index contributed by atoms with van der Waals surface area (Å²) in [5.41, 5.74) is 2.67. The van der Waals surface area contributed by atoms with E-state index in [1.807, 2.05) is 0 Å². The van der Waals surface area contributed by atoms with Crippen LogP contribution in [0.25, 0.3) is 0 Å². The molecule has 5 fully saturated rings. The van der Waals surface area contributed by atoms with Crippen molar-refractivity contribution < 1.29 is 0 Å². The Morgan fingerprint density at radius 2 is 1.34 bits per heavy atom. The van der Waals surface area contributed by atoms with Gasteiger partial charge >= 0.3 is 0 Å². The molecule has 0 aromatic carbocycles. The predicted octanol–water partition coefficient (Wildman–Crippen LogP) is 9.88. The first kappa shape index (κ1) is 26.2. The Balaban J connectivity index is 1.03. The highest BCUT2D eigenvalue weighted by molar-refractivity contribution is 5.27. The lowest BCUT2D eigenvalue weighted by atomic mass is 9.53. The van der Waals surface area contributed by atoms with E-state index in [0.29, 0.717) is 16.9 Å². The molecule has 0 aliphatic heterocycles. The fourth-order valence-electron chi connectivity index (χ4n) is 14.9. The van der Waals surface area contributed by atoms with Crippen molar-refractivity contribution in [3.8, 4) is 0 Å². The third kappa shape index (κ3) is 3.59. The van der Waals surface area contributed by atoms with Gasteiger partial charge in [0, 0.05) is 11.7 Å². The van der Waals surface area contributed by atoms with Crippen LogP contribution in [0.5, 0.6) is 0 Å². The molecule has 1 nitrogen and oxygen atoms in total. The number of fused-ring (bicyclic) bond motifs is 13. The fraction of sp³-hybridized carbons (Fsp3) is 0.800. The van der Waals surface area contributed by atoms with Gasteiger partial charge in [-0.1, -0.05) is 69.2 Å². The normalized spacial score (nSPS) is 54.0. The zero-order chi connectivity index (χ0) is 27.3. The number of rotatable bonds is 2. The fourth-order valence-corrected chi connectivity index (χ4v) is 14.9. The molecule has 0 saturated heterocycles. The first-order valence-corrected chi connectivity index (χ1v) is 18.6. The highest BCUT2D eigenvalue weighted by Gasteiger charge is 2.71. The van der Waals surface area contributed by atoms with E-state index >= 15 is 0 Å². The Labute approximate surface area is 251 Å². The minimum atomic E-state index is 0.415. The van der Waals surface area contributed by atoms with Crippen LogP contribution in [0.15, 0.2) is 48.2 Å². The molecule has 9 rings (SSSR count). The zero-order valence-electron chi connectivity index (χ0n) is 26.2. The molecule has 5 saturated carbocycles. The van der Waals surface area contributed by atoms with E-state index in [0.717, 1.165) is 71.0 Å². The highest BCUT2D eigenvalue weighted by Crippen LogP contribution is 2.76. The average Bonchev–Trinajstić information content (AvgIpc) is 3.56. The topological polar surface area (TPSA) is 12.0 Å². The van der Waals surface area contributed by atoms with Crippen molar-refractivity contribution in [2.75, 3.05) is 0 Å². The maximum Gasteiger partial charge on any atom is 0.0261 e. The Bertz CT molecular complexity index is 1150. The Kier molecular flexibility index (Phi) is 6.15. The Hall–Kier alpha value is -1.24. The summed E-state index contributed by atoms with van der Waals surface area (Å²) in [5, 5.41) is 4.35. The van der Waals surface area contributed by atoms with Gasteiger partial charge < -0.3 is 5.32 Å². The maximum absolute atomic E-state index is 4.35. The molecule has 1 heteroatoms. The first-order chi connectivity index (χ1) is 20.1. The molecule has 0 radical (unpaired) electrons. The number of hydrogen-bond acceptors (Lipinski definition) is 1. The van der Waals surface area contributed by atoms with Crippen molar-refractivity contribution in [3.63, 3.8) is 0 Å². The van der Waals surface area contributed by atoms with Gasteiger partial charge in [0.15, 0.2) is 0 Å². The zero-order valence-corrected chi connectivity index (χ0v) is 26.2. The van der Waals surface area contributed by atoms with Crippen molar-refractivity contribution in [3.05, 3.63) is 48.2 Å². The van der Waals surface area contributed by atoms with E-state index in [-0.39, 0.29) is 0 Å². The molecule has 0 amide bonds. The smallest absolute Gasteiger partial charge is 0.0261 e. The lowest BCUT2D eigenvalue weighted by Crippen LogP contribution is -2.48. The van der Waals surface area contributed by atoms with Crippen LogP contribution in [-0.2, 0) is 0 Å². The first-order valence-electron chi connectivity index (χ1n) is 18.6. The van der Waals surface area contributed by atoms with Gasteiger partial charge in [0.1, 0.15) is 0 Å². The third-order valence-corrected chi connectivity index (χ3v) is 15.9. The molecular weight excluding hydrogens is 494 g/mol. The molecule has 222 valence electrons. The standard InChI is InChI=1S/C40H57N/c1-39(2)33-15-7-3-11-27(33)31-21-19-25(23-37(31)39)41-26-20-22-32-30-14-6-10-18-36(30)40(38(32)24-26)34-16-8-4-12-28(34)29-13-5-9-17-35(29)40/h4,7,10,12,15,18,23,26-38,41H,3,5-6,8-9,11,13-14,16-17,19-22,24H2,1-2H3/t26?,27?,28?,29?,30?,31?,32?,33?,34?,35?,36?,37?,38?,40-/m0/s1. The van der Waals surface area contributed by atoms with Gasteiger partial charge in [0.25, 0.3) is 0 Å². The van der Waals surface area contributed by atoms with Crippen LogP contribution in [0.2, 0.25) is 0 Å². The van der Waals surface area contributed by atoms with Crippen molar-refractivity contribution in [1.82, 2.24) is 5.32 Å². The second kappa shape index (κ2) is 9.63. The van der Waals surface area contributed by atoms with E-state index in [1.165, 1.54) is 89.9 Å². The van der Waals surface area contributed by atoms with E-state index in [4.69, 9.17) is 0 Å². The second-order valence-electron chi connectivity index (χ2n) is 17.3. The molecule has 0 heterocycles. The summed E-state index contributed by atoms with van der Waals surface area (Å²) in [6, 6.07) is 0.715. The summed E-state index contributed by atoms with van der Waals surface area (Å²) in [7, 11) is 0. The lowest BCUT2D eigenvalue weighted by molar-refractivity contribution is -0.0145. The van der Waals surface area contributed by atoms with Crippen LogP contribution in [-0.4, -0.2) is 6.04 Å². The number of nitrogens with one attached hydrogen (secondary N) is 1. The van der Waals surface area contributed by atoms with Crippen LogP contribution >= 0.6 is 0 Å². The van der Waals surface area contributed by atoms with Gasteiger partial charge in [-0.2, -0.15) is 0 Å². The molecule has 41 heavy (non-hydrogen) atoms. The summed E-state index contributed by atoms with van der Waals surface area (Å²) in [4.78, 5) is 0. The molecule has 14 atom stereocenters. The van der Waals surface area contributed by atoms with Crippen molar-refractivity contribution in [2.24, 2.45) is 81.8 Å². The van der Waals surface area contributed by atoms with Crippen LogP contribution < -0.4 is 5.32 Å². The molecule has 9 aliphatic rings. The predicted molar refractivity (Wildman–Crippen MR) is 170 cm³/mol. The molecule has 1 spiro atoms. The quantitative estimate of drug-likeness (QED) is 0.337. The van der Waals surface area contributed by atoms with E-state index in [2.05, 4.69) is 61.7 Å². The van der Waals surface area contributed by atoms with E-state index < -0.39 is 0 Å². The van der Waals surface area contributed by atoms with Crippen LogP contribution in [0.4, 0.5) is 0 Å². The SMILES string of the molecule is CC1(C)C2C=CCCC2C2CCC(NC3CCC4C5CCC=CC5[C@@]5(C6CCC=CC6C6CCCCC65)C4C3)=CC21. The molecule has 9 aliphatic carbocycles. The summed E-state index contributed by atoms with van der Waals surface area (Å²) in [6.45, 7) is 5.20. The average molecular weight is 552 g/mol. The number of hydrogen-bond donors (Lipinski definition) is 1. The number of allylic oxidation sites excluding steroid dienone is 8. The van der Waals surface area contributed by atoms with Gasteiger partial charge in [-0.3, -0.25) is 0 Å². The minimum Gasteiger partial charge on any atom is -0.386 e.